The number of hydrogen-bond donors (Lipinski definition) is 1. The fourth-order valence-corrected chi connectivity index (χ4v) is 0.681. The lowest BCUT2D eigenvalue weighted by atomic mass is 10.2. The van der Waals surface area contributed by atoms with Crippen LogP contribution in [0.3, 0.4) is 0 Å². The molecule has 1 aliphatic rings. The monoisotopic (exact) mass is 180 g/mol. The second-order valence-electron chi connectivity index (χ2n) is 2.87. The zero-order valence-corrected chi connectivity index (χ0v) is 7.44. The molecule has 13 heavy (non-hydrogen) atoms. The van der Waals surface area contributed by atoms with Gasteiger partial charge in [0, 0.05) is 12.1 Å². The summed E-state index contributed by atoms with van der Waals surface area (Å²) in [5, 5.41) is 5.87. The van der Waals surface area contributed by atoms with Gasteiger partial charge in [-0.3, -0.25) is 4.79 Å². The quantitative estimate of drug-likeness (QED) is 0.634. The van der Waals surface area contributed by atoms with Gasteiger partial charge in [0.25, 0.3) is 0 Å². The molecule has 69 valence electrons. The zero-order valence-electron chi connectivity index (χ0n) is 7.44. The molecule has 0 aromatic rings. The van der Waals surface area contributed by atoms with Crippen molar-refractivity contribution in [2.45, 2.75) is 13.8 Å². The normalized spacial score (nSPS) is 15.3. The third-order valence-electron chi connectivity index (χ3n) is 1.41. The van der Waals surface area contributed by atoms with Crippen LogP contribution in [-0.4, -0.2) is 17.8 Å². The maximum absolute atomic E-state index is 11.1. The summed E-state index contributed by atoms with van der Waals surface area (Å²) in [6.45, 7) is 3.52. The fourth-order valence-electron chi connectivity index (χ4n) is 0.681. The van der Waals surface area contributed by atoms with E-state index in [1.165, 1.54) is 12.3 Å². The molecule has 0 aromatic carbocycles. The van der Waals surface area contributed by atoms with Gasteiger partial charge in [0.1, 0.15) is 5.84 Å². The highest BCUT2D eigenvalue weighted by Gasteiger charge is 2.11. The molecule has 0 atom stereocenters. The lowest BCUT2D eigenvalue weighted by Gasteiger charge is -2.08. The minimum atomic E-state index is -0.596. The first-order chi connectivity index (χ1) is 6.09. The zero-order chi connectivity index (χ0) is 9.84. The lowest BCUT2D eigenvalue weighted by molar-refractivity contribution is -0.122. The number of nitrogens with one attached hydrogen (secondary N) is 1. The van der Waals surface area contributed by atoms with Gasteiger partial charge in [0.15, 0.2) is 0 Å². The SMILES string of the molecule is CC(C)C(=O)NC1=NC(=O)[N]C=C1. The van der Waals surface area contributed by atoms with Gasteiger partial charge in [0.05, 0.1) is 0 Å². The van der Waals surface area contributed by atoms with E-state index in [1.54, 1.807) is 13.8 Å². The predicted molar refractivity (Wildman–Crippen MR) is 47.1 cm³/mol. The van der Waals surface area contributed by atoms with E-state index in [0.717, 1.165) is 0 Å². The predicted octanol–water partition coefficient (Wildman–Crippen LogP) is 0.409. The van der Waals surface area contributed by atoms with Crippen LogP contribution in [0.4, 0.5) is 4.79 Å². The van der Waals surface area contributed by atoms with Crippen LogP contribution in [0.2, 0.25) is 0 Å². The first-order valence-corrected chi connectivity index (χ1v) is 3.90. The van der Waals surface area contributed by atoms with Crippen molar-refractivity contribution in [3.8, 4) is 0 Å². The molecule has 1 N–H and O–H groups in total. The van der Waals surface area contributed by atoms with Crippen molar-refractivity contribution < 1.29 is 9.59 Å². The van der Waals surface area contributed by atoms with Gasteiger partial charge in [-0.15, -0.1) is 0 Å². The van der Waals surface area contributed by atoms with E-state index >= 15 is 0 Å². The molecule has 5 heteroatoms. The minimum Gasteiger partial charge on any atom is -0.310 e. The maximum Gasteiger partial charge on any atom is 0.368 e. The van der Waals surface area contributed by atoms with Gasteiger partial charge in [-0.25, -0.2) is 4.79 Å². The number of carbonyl (C=O) groups is 2. The molecule has 0 fully saturated rings. The molecule has 0 bridgehead atoms. The summed E-state index contributed by atoms with van der Waals surface area (Å²) >= 11 is 0. The smallest absolute Gasteiger partial charge is 0.310 e. The van der Waals surface area contributed by atoms with Crippen LogP contribution in [0.15, 0.2) is 17.3 Å². The van der Waals surface area contributed by atoms with Gasteiger partial charge < -0.3 is 5.32 Å². The molecule has 0 saturated heterocycles. The van der Waals surface area contributed by atoms with Gasteiger partial charge >= 0.3 is 6.03 Å². The largest absolute Gasteiger partial charge is 0.368 e. The molecule has 5 nitrogen and oxygen atoms in total. The molecule has 3 amide bonds. The highest BCUT2D eigenvalue weighted by atomic mass is 16.2. The summed E-state index contributed by atoms with van der Waals surface area (Å²) in [5.74, 6) is -0.0538. The number of carbonyl (C=O) groups excluding carboxylic acids is 2. The summed E-state index contributed by atoms with van der Waals surface area (Å²) in [7, 11) is 0. The number of nitrogens with zero attached hydrogens (tertiary/aromatic N) is 2. The number of hydrogen-bond acceptors (Lipinski definition) is 2. The van der Waals surface area contributed by atoms with Crippen LogP contribution in [0, 0.1) is 5.92 Å². The van der Waals surface area contributed by atoms with E-state index in [4.69, 9.17) is 0 Å². The van der Waals surface area contributed by atoms with Gasteiger partial charge in [-0.05, 0) is 6.08 Å². The summed E-state index contributed by atoms with van der Waals surface area (Å²) in [6, 6.07) is -0.596. The van der Waals surface area contributed by atoms with E-state index < -0.39 is 6.03 Å². The van der Waals surface area contributed by atoms with Crippen LogP contribution in [0.5, 0.6) is 0 Å². The molecular formula is C8H10N3O2. The summed E-state index contributed by atoms with van der Waals surface area (Å²) in [4.78, 5) is 25.3. The van der Waals surface area contributed by atoms with E-state index in [-0.39, 0.29) is 17.7 Å². The summed E-state index contributed by atoms with van der Waals surface area (Å²) < 4.78 is 0. The first kappa shape index (κ1) is 9.44. The highest BCUT2D eigenvalue weighted by Crippen LogP contribution is 1.94. The molecule has 0 spiro atoms. The average Bonchev–Trinajstić information content (AvgIpc) is 2.04. The molecule has 0 aromatic heterocycles. The van der Waals surface area contributed by atoms with Crippen molar-refractivity contribution in [1.82, 2.24) is 10.6 Å². The molecule has 0 saturated carbocycles. The number of aliphatic imine (C=N–C) groups is 1. The molecular weight excluding hydrogens is 170 g/mol. The Kier molecular flexibility index (Phi) is 2.79. The molecule has 1 radical (unpaired) electrons. The first-order valence-electron chi connectivity index (χ1n) is 3.90. The van der Waals surface area contributed by atoms with Crippen LogP contribution in [0.25, 0.3) is 0 Å². The summed E-state index contributed by atoms with van der Waals surface area (Å²) in [6.07, 6.45) is 2.78. The molecule has 1 heterocycles. The van der Waals surface area contributed by atoms with Crippen molar-refractivity contribution in [3.63, 3.8) is 0 Å². The van der Waals surface area contributed by atoms with Crippen LogP contribution >= 0.6 is 0 Å². The topological polar surface area (TPSA) is 72.6 Å². The van der Waals surface area contributed by atoms with Crippen LogP contribution in [-0.2, 0) is 4.79 Å². The Bertz CT molecular complexity index is 292. The second kappa shape index (κ2) is 3.84. The maximum atomic E-state index is 11.1. The number of rotatable bonds is 1. The van der Waals surface area contributed by atoms with Crippen molar-refractivity contribution in [2.24, 2.45) is 10.9 Å². The van der Waals surface area contributed by atoms with E-state index in [9.17, 15) is 9.59 Å². The highest BCUT2D eigenvalue weighted by molar-refractivity contribution is 6.10. The lowest BCUT2D eigenvalue weighted by Crippen LogP contribution is -2.34. The van der Waals surface area contributed by atoms with Gasteiger partial charge in [0.2, 0.25) is 5.91 Å². The third-order valence-corrected chi connectivity index (χ3v) is 1.41. The van der Waals surface area contributed by atoms with E-state index in [2.05, 4.69) is 15.6 Å². The number of urea groups is 1. The Morgan fingerprint density at radius 1 is 1.54 bits per heavy atom. The van der Waals surface area contributed by atoms with Gasteiger partial charge in [-0.1, -0.05) is 13.8 Å². The van der Waals surface area contributed by atoms with E-state index in [0.29, 0.717) is 0 Å². The average molecular weight is 180 g/mol. The standard InChI is InChI=1S/C8H10N3O2/c1-5(2)7(12)10-6-3-4-9-8(13)11-6/h3-5H,1-2H3,(H,10,11,12,13). The van der Waals surface area contributed by atoms with Crippen molar-refractivity contribution in [1.29, 1.82) is 0 Å². The van der Waals surface area contributed by atoms with E-state index in [1.807, 2.05) is 0 Å². The second-order valence-corrected chi connectivity index (χ2v) is 2.87. The van der Waals surface area contributed by atoms with Crippen LogP contribution in [0.1, 0.15) is 13.8 Å². The van der Waals surface area contributed by atoms with Crippen LogP contribution < -0.4 is 10.6 Å². The van der Waals surface area contributed by atoms with Crippen molar-refractivity contribution in [3.05, 3.63) is 12.3 Å². The van der Waals surface area contributed by atoms with Crippen molar-refractivity contribution in [2.75, 3.05) is 0 Å². The third kappa shape index (κ3) is 2.70. The molecule has 0 unspecified atom stereocenters. The Balaban J connectivity index is 2.59. The number of amides is 3. The number of amidine groups is 1. The molecule has 0 aliphatic carbocycles. The molecule has 1 aliphatic heterocycles. The fraction of sp³-hybridized carbons (Fsp3) is 0.375. The Labute approximate surface area is 75.9 Å². The van der Waals surface area contributed by atoms with Gasteiger partial charge in [-0.2, -0.15) is 10.3 Å². The minimum absolute atomic E-state index is 0.134. The Morgan fingerprint density at radius 3 is 2.77 bits per heavy atom. The Morgan fingerprint density at radius 2 is 2.23 bits per heavy atom. The Hall–Kier alpha value is -1.65. The summed E-state index contributed by atoms with van der Waals surface area (Å²) in [5.41, 5.74) is 0. The van der Waals surface area contributed by atoms with Crippen molar-refractivity contribution >= 4 is 17.8 Å². The molecule has 1 rings (SSSR count).